The quantitative estimate of drug-likeness (QED) is 0.587. The van der Waals surface area contributed by atoms with Crippen LogP contribution in [0.15, 0.2) is 48.5 Å². The minimum atomic E-state index is -0.921. The Labute approximate surface area is 198 Å². The van der Waals surface area contributed by atoms with E-state index in [1.165, 1.54) is 7.11 Å². The van der Waals surface area contributed by atoms with Gasteiger partial charge >= 0.3 is 12.1 Å². The highest BCUT2D eigenvalue weighted by Gasteiger charge is 2.34. The van der Waals surface area contributed by atoms with Crippen molar-refractivity contribution < 1.29 is 29.0 Å². The average molecular weight is 467 g/mol. The molecular formula is C26H30N2O6. The van der Waals surface area contributed by atoms with Crippen molar-refractivity contribution >= 4 is 18.0 Å². The molecule has 0 radical (unpaired) electrons. The van der Waals surface area contributed by atoms with Crippen molar-refractivity contribution in [3.8, 4) is 11.1 Å². The Hall–Kier alpha value is -3.39. The summed E-state index contributed by atoms with van der Waals surface area (Å²) in [6.45, 7) is 0.950. The zero-order chi connectivity index (χ0) is 24.1. The van der Waals surface area contributed by atoms with Gasteiger partial charge in [-0.25, -0.2) is 4.79 Å². The second-order valence-corrected chi connectivity index (χ2v) is 8.69. The summed E-state index contributed by atoms with van der Waals surface area (Å²) in [5, 5.41) is 11.8. The van der Waals surface area contributed by atoms with Crippen LogP contribution in [-0.4, -0.2) is 66.9 Å². The lowest BCUT2D eigenvalue weighted by atomic mass is 9.98. The lowest BCUT2D eigenvalue weighted by Gasteiger charge is -2.27. The number of methoxy groups -OCH3 is 1. The largest absolute Gasteiger partial charge is 0.481 e. The van der Waals surface area contributed by atoms with E-state index in [9.17, 15) is 14.4 Å². The Balaban J connectivity index is 1.27. The first-order valence-corrected chi connectivity index (χ1v) is 11.6. The van der Waals surface area contributed by atoms with Gasteiger partial charge in [0.2, 0.25) is 0 Å². The minimum absolute atomic E-state index is 0.0206. The summed E-state index contributed by atoms with van der Waals surface area (Å²) in [4.78, 5) is 37.9. The fourth-order valence-electron chi connectivity index (χ4n) is 5.02. The van der Waals surface area contributed by atoms with Crippen LogP contribution in [0.2, 0.25) is 0 Å². The van der Waals surface area contributed by atoms with Crippen LogP contribution < -0.4 is 5.32 Å². The van der Waals surface area contributed by atoms with Crippen LogP contribution in [-0.2, 0) is 19.1 Å². The summed E-state index contributed by atoms with van der Waals surface area (Å²) in [5.41, 5.74) is 4.61. The number of carboxylic acids is 1. The van der Waals surface area contributed by atoms with Crippen molar-refractivity contribution in [2.45, 2.75) is 43.7 Å². The third-order valence-corrected chi connectivity index (χ3v) is 6.65. The maximum Gasteiger partial charge on any atom is 0.407 e. The van der Waals surface area contributed by atoms with Crippen molar-refractivity contribution in [2.75, 3.05) is 26.8 Å². The third-order valence-electron chi connectivity index (χ3n) is 6.65. The number of ether oxygens (including phenoxy) is 2. The molecule has 2 aromatic carbocycles. The second-order valence-electron chi connectivity index (χ2n) is 8.69. The summed E-state index contributed by atoms with van der Waals surface area (Å²) < 4.78 is 10.9. The fraction of sp³-hybridized carbons (Fsp3) is 0.423. The van der Waals surface area contributed by atoms with Gasteiger partial charge in [-0.3, -0.25) is 9.59 Å². The highest BCUT2D eigenvalue weighted by molar-refractivity contribution is 5.82. The summed E-state index contributed by atoms with van der Waals surface area (Å²) in [7, 11) is 1.44. The van der Waals surface area contributed by atoms with Gasteiger partial charge in [0.15, 0.2) is 0 Å². The van der Waals surface area contributed by atoms with Gasteiger partial charge in [0.1, 0.15) is 12.7 Å². The van der Waals surface area contributed by atoms with Crippen LogP contribution in [0.5, 0.6) is 0 Å². The van der Waals surface area contributed by atoms with E-state index in [-0.39, 0.29) is 43.9 Å². The predicted molar refractivity (Wildman–Crippen MR) is 125 cm³/mol. The molecule has 2 aromatic rings. The van der Waals surface area contributed by atoms with Crippen molar-refractivity contribution in [2.24, 2.45) is 0 Å². The van der Waals surface area contributed by atoms with E-state index in [0.717, 1.165) is 28.7 Å². The number of nitrogens with one attached hydrogen (secondary N) is 1. The standard InChI is InChI=1S/C26H30N2O6/c1-33-23(25(31)28-14-6-7-17(28)15-24(29)30)12-13-27-26(32)34-16-22-20-10-4-2-8-18(20)19-9-3-5-11-21(19)22/h2-5,8-11,17,22-23H,6-7,12-16H2,1H3,(H,27,32)(H,29,30). The van der Waals surface area contributed by atoms with Gasteiger partial charge in [-0.05, 0) is 35.1 Å². The number of likely N-dealkylation sites (tertiary alicyclic amines) is 1. The van der Waals surface area contributed by atoms with Gasteiger partial charge in [-0.15, -0.1) is 0 Å². The Morgan fingerprint density at radius 2 is 1.74 bits per heavy atom. The minimum Gasteiger partial charge on any atom is -0.481 e. The van der Waals surface area contributed by atoms with Gasteiger partial charge in [-0.2, -0.15) is 0 Å². The number of nitrogens with zero attached hydrogens (tertiary/aromatic N) is 1. The molecule has 1 heterocycles. The predicted octanol–water partition coefficient (Wildman–Crippen LogP) is 3.40. The summed E-state index contributed by atoms with van der Waals surface area (Å²) in [6.07, 6.45) is 0.359. The molecule has 0 aromatic heterocycles. The molecule has 2 unspecified atom stereocenters. The number of carboxylic acid groups (broad SMARTS) is 1. The van der Waals surface area contributed by atoms with Crippen LogP contribution >= 0.6 is 0 Å². The number of benzene rings is 2. The van der Waals surface area contributed by atoms with Gasteiger partial charge in [0.25, 0.3) is 5.91 Å². The lowest BCUT2D eigenvalue weighted by molar-refractivity contribution is -0.145. The molecule has 180 valence electrons. The molecular weight excluding hydrogens is 436 g/mol. The molecule has 0 spiro atoms. The molecule has 0 bridgehead atoms. The molecule has 34 heavy (non-hydrogen) atoms. The maximum absolute atomic E-state index is 12.8. The number of amides is 2. The van der Waals surface area contributed by atoms with Crippen molar-refractivity contribution in [3.05, 3.63) is 59.7 Å². The number of carbonyl (C=O) groups is 3. The molecule has 0 saturated carbocycles. The van der Waals surface area contributed by atoms with Crippen LogP contribution in [0.25, 0.3) is 11.1 Å². The smallest absolute Gasteiger partial charge is 0.407 e. The Bertz CT molecular complexity index is 1010. The molecule has 4 rings (SSSR count). The van der Waals surface area contributed by atoms with Gasteiger partial charge < -0.3 is 24.8 Å². The highest BCUT2D eigenvalue weighted by atomic mass is 16.5. The zero-order valence-electron chi connectivity index (χ0n) is 19.2. The lowest BCUT2D eigenvalue weighted by Crippen LogP contribution is -2.44. The Morgan fingerprint density at radius 3 is 2.35 bits per heavy atom. The molecule has 1 saturated heterocycles. The van der Waals surface area contributed by atoms with Crippen molar-refractivity contribution in [1.29, 1.82) is 0 Å². The highest BCUT2D eigenvalue weighted by Crippen LogP contribution is 2.44. The first kappa shape index (κ1) is 23.8. The number of alkyl carbamates (subject to hydrolysis) is 1. The third kappa shape index (κ3) is 5.07. The number of aliphatic carboxylic acids is 1. The molecule has 1 fully saturated rings. The topological polar surface area (TPSA) is 105 Å². The monoisotopic (exact) mass is 466 g/mol. The maximum atomic E-state index is 12.8. The zero-order valence-corrected chi connectivity index (χ0v) is 19.2. The number of carbonyl (C=O) groups excluding carboxylic acids is 2. The van der Waals surface area contributed by atoms with Gasteiger partial charge in [0.05, 0.1) is 6.42 Å². The van der Waals surface area contributed by atoms with Crippen LogP contribution in [0.4, 0.5) is 4.79 Å². The molecule has 2 aliphatic rings. The van der Waals surface area contributed by atoms with E-state index >= 15 is 0 Å². The first-order chi connectivity index (χ1) is 16.5. The number of fused-ring (bicyclic) bond motifs is 3. The average Bonchev–Trinajstić information content (AvgIpc) is 3.42. The summed E-state index contributed by atoms with van der Waals surface area (Å²) in [5.74, 6) is -1.18. The second kappa shape index (κ2) is 10.7. The van der Waals surface area contributed by atoms with E-state index in [1.807, 2.05) is 24.3 Å². The van der Waals surface area contributed by atoms with E-state index in [1.54, 1.807) is 4.90 Å². The van der Waals surface area contributed by atoms with E-state index in [4.69, 9.17) is 14.6 Å². The van der Waals surface area contributed by atoms with Crippen molar-refractivity contribution in [1.82, 2.24) is 10.2 Å². The van der Waals surface area contributed by atoms with Crippen LogP contribution in [0.3, 0.4) is 0 Å². The van der Waals surface area contributed by atoms with Crippen molar-refractivity contribution in [3.63, 3.8) is 0 Å². The molecule has 8 nitrogen and oxygen atoms in total. The molecule has 2 atom stereocenters. The number of hydrogen-bond acceptors (Lipinski definition) is 5. The van der Waals surface area contributed by atoms with Gasteiger partial charge in [0, 0.05) is 38.6 Å². The van der Waals surface area contributed by atoms with E-state index in [0.29, 0.717) is 13.0 Å². The van der Waals surface area contributed by atoms with Crippen LogP contribution in [0, 0.1) is 0 Å². The normalized spacial score (nSPS) is 17.7. The SMILES string of the molecule is COC(CCNC(=O)OCC1c2ccccc2-c2ccccc21)C(=O)N1CCCC1CC(=O)O. The number of hydrogen-bond donors (Lipinski definition) is 2. The molecule has 2 N–H and O–H groups in total. The summed E-state index contributed by atoms with van der Waals surface area (Å²) in [6, 6.07) is 16.0. The Kier molecular flexibility index (Phi) is 7.47. The molecule has 1 aliphatic heterocycles. The molecule has 8 heteroatoms. The first-order valence-electron chi connectivity index (χ1n) is 11.6. The van der Waals surface area contributed by atoms with E-state index < -0.39 is 18.2 Å². The van der Waals surface area contributed by atoms with Gasteiger partial charge in [-0.1, -0.05) is 48.5 Å². The Morgan fingerprint density at radius 1 is 1.09 bits per heavy atom. The van der Waals surface area contributed by atoms with E-state index in [2.05, 4.69) is 29.6 Å². The summed E-state index contributed by atoms with van der Waals surface area (Å²) >= 11 is 0. The van der Waals surface area contributed by atoms with Crippen LogP contribution in [0.1, 0.15) is 42.7 Å². The fourth-order valence-corrected chi connectivity index (χ4v) is 5.02. The molecule has 1 aliphatic carbocycles. The molecule has 2 amide bonds. The number of rotatable bonds is 9.